The van der Waals surface area contributed by atoms with Crippen molar-refractivity contribution in [1.29, 1.82) is 10.5 Å². The lowest BCUT2D eigenvalue weighted by Gasteiger charge is -2.13. The summed E-state index contributed by atoms with van der Waals surface area (Å²) < 4.78 is 18.5. The first-order valence-corrected chi connectivity index (χ1v) is 6.19. The van der Waals surface area contributed by atoms with Crippen LogP contribution in [-0.2, 0) is 6.54 Å². The van der Waals surface area contributed by atoms with Crippen LogP contribution < -0.4 is 10.1 Å². The number of methoxy groups -OCH3 is 1. The molecule has 0 saturated heterocycles. The van der Waals surface area contributed by atoms with Gasteiger partial charge in [-0.2, -0.15) is 10.5 Å². The van der Waals surface area contributed by atoms with Crippen LogP contribution in [0.15, 0.2) is 36.4 Å². The third-order valence-electron chi connectivity index (χ3n) is 3.01. The molecule has 0 unspecified atom stereocenters. The molecule has 0 radical (unpaired) electrons. The summed E-state index contributed by atoms with van der Waals surface area (Å²) in [6, 6.07) is 13.1. The van der Waals surface area contributed by atoms with E-state index in [1.54, 1.807) is 18.2 Å². The number of nitriles is 2. The van der Waals surface area contributed by atoms with E-state index in [1.807, 2.05) is 6.07 Å². The number of benzene rings is 2. The fourth-order valence-corrected chi connectivity index (χ4v) is 1.98. The van der Waals surface area contributed by atoms with E-state index in [-0.39, 0.29) is 6.54 Å². The first kappa shape index (κ1) is 14.4. The standard InChI is InChI=1S/C16H12FN3O/c1-21-15-4-2-3-12(9-19)16(15)20-10-13-7-14(17)6-5-11(13)8-18/h2-7,20H,10H2,1H3. The van der Waals surface area contributed by atoms with Gasteiger partial charge >= 0.3 is 0 Å². The van der Waals surface area contributed by atoms with Gasteiger partial charge in [-0.05, 0) is 35.9 Å². The predicted octanol–water partition coefficient (Wildman–Crippen LogP) is 3.19. The molecule has 1 N–H and O–H groups in total. The van der Waals surface area contributed by atoms with Crippen LogP contribution in [0.4, 0.5) is 10.1 Å². The maximum Gasteiger partial charge on any atom is 0.143 e. The number of ether oxygens (including phenoxy) is 1. The Morgan fingerprint density at radius 1 is 1.14 bits per heavy atom. The van der Waals surface area contributed by atoms with Gasteiger partial charge in [0.1, 0.15) is 17.6 Å². The lowest BCUT2D eigenvalue weighted by Crippen LogP contribution is -2.05. The molecule has 0 fully saturated rings. The summed E-state index contributed by atoms with van der Waals surface area (Å²) in [7, 11) is 1.50. The summed E-state index contributed by atoms with van der Waals surface area (Å²) >= 11 is 0. The second kappa shape index (κ2) is 6.40. The van der Waals surface area contributed by atoms with Crippen LogP contribution in [0.2, 0.25) is 0 Å². The second-order valence-electron chi connectivity index (χ2n) is 4.26. The molecule has 2 rings (SSSR count). The quantitative estimate of drug-likeness (QED) is 0.934. The fraction of sp³-hybridized carbons (Fsp3) is 0.125. The number of anilines is 1. The highest BCUT2D eigenvalue weighted by Crippen LogP contribution is 2.28. The third kappa shape index (κ3) is 3.10. The first-order chi connectivity index (χ1) is 10.2. The molecular weight excluding hydrogens is 269 g/mol. The molecule has 104 valence electrons. The number of nitrogens with one attached hydrogen (secondary N) is 1. The van der Waals surface area contributed by atoms with Crippen LogP contribution in [0.5, 0.6) is 5.75 Å². The van der Waals surface area contributed by atoms with Crippen LogP contribution in [0.3, 0.4) is 0 Å². The molecule has 0 aliphatic heterocycles. The van der Waals surface area contributed by atoms with E-state index in [1.165, 1.54) is 25.3 Å². The smallest absolute Gasteiger partial charge is 0.143 e. The average Bonchev–Trinajstić information content (AvgIpc) is 2.52. The van der Waals surface area contributed by atoms with Gasteiger partial charge in [0.2, 0.25) is 0 Å². The molecule has 5 heteroatoms. The molecule has 4 nitrogen and oxygen atoms in total. The molecule has 0 bridgehead atoms. The van der Waals surface area contributed by atoms with Gasteiger partial charge in [0.25, 0.3) is 0 Å². The zero-order valence-corrected chi connectivity index (χ0v) is 11.4. The van der Waals surface area contributed by atoms with Crippen molar-refractivity contribution in [3.8, 4) is 17.9 Å². The van der Waals surface area contributed by atoms with Gasteiger partial charge in [-0.3, -0.25) is 0 Å². The molecule has 0 aromatic heterocycles. The minimum Gasteiger partial charge on any atom is -0.495 e. The molecule has 0 heterocycles. The largest absolute Gasteiger partial charge is 0.495 e. The Morgan fingerprint density at radius 3 is 2.57 bits per heavy atom. The topological polar surface area (TPSA) is 68.8 Å². The number of rotatable bonds is 4. The number of hydrogen-bond donors (Lipinski definition) is 1. The number of hydrogen-bond acceptors (Lipinski definition) is 4. The number of nitrogens with zero attached hydrogens (tertiary/aromatic N) is 2. The van der Waals surface area contributed by atoms with Crippen molar-refractivity contribution in [2.75, 3.05) is 12.4 Å². The minimum atomic E-state index is -0.411. The lowest BCUT2D eigenvalue weighted by atomic mass is 10.1. The molecule has 0 aliphatic rings. The Labute approximate surface area is 122 Å². The van der Waals surface area contributed by atoms with Crippen molar-refractivity contribution >= 4 is 5.69 Å². The fourth-order valence-electron chi connectivity index (χ4n) is 1.98. The summed E-state index contributed by atoms with van der Waals surface area (Å²) in [6.07, 6.45) is 0. The number of halogens is 1. The van der Waals surface area contributed by atoms with Gasteiger partial charge in [-0.25, -0.2) is 4.39 Å². The van der Waals surface area contributed by atoms with Crippen LogP contribution in [0, 0.1) is 28.5 Å². The summed E-state index contributed by atoms with van der Waals surface area (Å²) in [4.78, 5) is 0. The first-order valence-electron chi connectivity index (χ1n) is 6.19. The molecule has 0 spiro atoms. The Hall–Kier alpha value is -3.05. The molecule has 0 aliphatic carbocycles. The van der Waals surface area contributed by atoms with Crippen molar-refractivity contribution in [2.45, 2.75) is 6.54 Å². The molecule has 0 saturated carbocycles. The van der Waals surface area contributed by atoms with Crippen molar-refractivity contribution in [3.63, 3.8) is 0 Å². The SMILES string of the molecule is COc1cccc(C#N)c1NCc1cc(F)ccc1C#N. The van der Waals surface area contributed by atoms with Gasteiger partial charge in [-0.1, -0.05) is 6.07 Å². The summed E-state index contributed by atoms with van der Waals surface area (Å²) in [6.45, 7) is 0.218. The minimum absolute atomic E-state index is 0.218. The Bertz CT molecular complexity index is 744. The summed E-state index contributed by atoms with van der Waals surface area (Å²) in [5, 5.41) is 21.2. The Balaban J connectivity index is 2.31. The van der Waals surface area contributed by atoms with Crippen molar-refractivity contribution in [3.05, 3.63) is 58.9 Å². The van der Waals surface area contributed by atoms with E-state index in [2.05, 4.69) is 11.4 Å². The van der Waals surface area contributed by atoms with Crippen LogP contribution in [-0.4, -0.2) is 7.11 Å². The molecule has 2 aromatic carbocycles. The van der Waals surface area contributed by atoms with Crippen LogP contribution >= 0.6 is 0 Å². The van der Waals surface area contributed by atoms with E-state index in [4.69, 9.17) is 15.3 Å². The normalized spacial score (nSPS) is 9.52. The average molecular weight is 281 g/mol. The predicted molar refractivity (Wildman–Crippen MR) is 76.2 cm³/mol. The van der Waals surface area contributed by atoms with E-state index in [9.17, 15) is 4.39 Å². The van der Waals surface area contributed by atoms with Gasteiger partial charge in [0.05, 0.1) is 30.0 Å². The molecule has 2 aromatic rings. The summed E-state index contributed by atoms with van der Waals surface area (Å²) in [5.41, 5.74) is 1.85. The van der Waals surface area contributed by atoms with E-state index < -0.39 is 5.82 Å². The van der Waals surface area contributed by atoms with Crippen LogP contribution in [0.25, 0.3) is 0 Å². The maximum atomic E-state index is 13.3. The maximum absolute atomic E-state index is 13.3. The zero-order valence-electron chi connectivity index (χ0n) is 11.4. The van der Waals surface area contributed by atoms with Gasteiger partial charge in [0.15, 0.2) is 0 Å². The molecule has 21 heavy (non-hydrogen) atoms. The van der Waals surface area contributed by atoms with Crippen molar-refractivity contribution < 1.29 is 9.13 Å². The van der Waals surface area contributed by atoms with E-state index in [0.717, 1.165) is 0 Å². The second-order valence-corrected chi connectivity index (χ2v) is 4.26. The highest BCUT2D eigenvalue weighted by Gasteiger charge is 2.10. The summed E-state index contributed by atoms with van der Waals surface area (Å²) in [5.74, 6) is 0.107. The molecular formula is C16H12FN3O. The molecule has 0 atom stereocenters. The van der Waals surface area contributed by atoms with E-state index >= 15 is 0 Å². The Morgan fingerprint density at radius 2 is 1.90 bits per heavy atom. The van der Waals surface area contributed by atoms with Crippen molar-refractivity contribution in [2.24, 2.45) is 0 Å². The van der Waals surface area contributed by atoms with Gasteiger partial charge in [-0.15, -0.1) is 0 Å². The van der Waals surface area contributed by atoms with Gasteiger partial charge in [0, 0.05) is 6.54 Å². The zero-order chi connectivity index (χ0) is 15.2. The highest BCUT2D eigenvalue weighted by atomic mass is 19.1. The van der Waals surface area contributed by atoms with Crippen molar-refractivity contribution in [1.82, 2.24) is 0 Å². The monoisotopic (exact) mass is 281 g/mol. The highest BCUT2D eigenvalue weighted by molar-refractivity contribution is 5.66. The van der Waals surface area contributed by atoms with Crippen LogP contribution in [0.1, 0.15) is 16.7 Å². The third-order valence-corrected chi connectivity index (χ3v) is 3.01. The number of para-hydroxylation sites is 1. The lowest BCUT2D eigenvalue weighted by molar-refractivity contribution is 0.416. The van der Waals surface area contributed by atoms with E-state index in [0.29, 0.717) is 28.1 Å². The molecule has 0 amide bonds. The van der Waals surface area contributed by atoms with Gasteiger partial charge < -0.3 is 10.1 Å². The Kier molecular flexibility index (Phi) is 4.38.